The Morgan fingerprint density at radius 1 is 0.938 bits per heavy atom. The number of carbonyl (C=O) groups is 1. The molecule has 0 amide bonds. The van der Waals surface area contributed by atoms with Gasteiger partial charge in [-0.3, -0.25) is 4.79 Å². The average molecular weight is 437 g/mol. The molecule has 8 atom stereocenters. The maximum atomic E-state index is 11.5. The van der Waals surface area contributed by atoms with Gasteiger partial charge in [0.15, 0.2) is 0 Å². The van der Waals surface area contributed by atoms with Crippen LogP contribution in [0.2, 0.25) is 0 Å². The summed E-state index contributed by atoms with van der Waals surface area (Å²) in [6, 6.07) is 11.1. The molecule has 2 nitrogen and oxygen atoms in total. The van der Waals surface area contributed by atoms with Crippen LogP contribution in [-0.2, 0) is 16.0 Å². The summed E-state index contributed by atoms with van der Waals surface area (Å²) >= 11 is 0. The lowest BCUT2D eigenvalue weighted by atomic mass is 9.43. The molecule has 4 saturated carbocycles. The van der Waals surface area contributed by atoms with E-state index in [-0.39, 0.29) is 12.1 Å². The average Bonchev–Trinajstić information content (AvgIpc) is 3.04. The van der Waals surface area contributed by atoms with Gasteiger partial charge in [-0.25, -0.2) is 0 Å². The second-order valence-electron chi connectivity index (χ2n) is 12.7. The minimum Gasteiger partial charge on any atom is -0.463 e. The fourth-order valence-corrected chi connectivity index (χ4v) is 9.40. The number of carbonyl (C=O) groups excluding carboxylic acids is 1. The Bertz CT molecular complexity index is 832. The van der Waals surface area contributed by atoms with E-state index in [1.807, 2.05) is 0 Å². The van der Waals surface area contributed by atoms with E-state index >= 15 is 0 Å². The van der Waals surface area contributed by atoms with Crippen molar-refractivity contribution in [1.29, 1.82) is 0 Å². The molecule has 32 heavy (non-hydrogen) atoms. The first kappa shape index (κ1) is 22.5. The third-order valence-corrected chi connectivity index (χ3v) is 11.5. The number of fused-ring (bicyclic) bond motifs is 5. The summed E-state index contributed by atoms with van der Waals surface area (Å²) in [4.78, 5) is 11.5. The van der Waals surface area contributed by atoms with E-state index in [9.17, 15) is 4.79 Å². The van der Waals surface area contributed by atoms with Crippen molar-refractivity contribution in [2.45, 2.75) is 104 Å². The molecule has 0 radical (unpaired) electrons. The Labute approximate surface area is 195 Å². The minimum absolute atomic E-state index is 0.0959. The van der Waals surface area contributed by atoms with Gasteiger partial charge in [-0.15, -0.1) is 0 Å². The largest absolute Gasteiger partial charge is 0.463 e. The molecule has 2 heteroatoms. The zero-order chi connectivity index (χ0) is 22.6. The molecule has 0 spiro atoms. The highest BCUT2D eigenvalue weighted by Crippen LogP contribution is 2.71. The lowest BCUT2D eigenvalue weighted by Crippen LogP contribution is -2.55. The third kappa shape index (κ3) is 3.55. The number of ether oxygens (including phenoxy) is 1. The van der Waals surface area contributed by atoms with Crippen LogP contribution in [0.15, 0.2) is 30.3 Å². The highest BCUT2D eigenvalue weighted by molar-refractivity contribution is 5.66. The van der Waals surface area contributed by atoms with Crippen LogP contribution >= 0.6 is 0 Å². The van der Waals surface area contributed by atoms with Crippen molar-refractivity contribution in [3.8, 4) is 0 Å². The SMILES string of the molecule is CC(=O)O[C@H]1CC[C@@]2(C)[C@H](CC[C@@H]3[C@H]4CC[C@@](C)(CCc5ccccc5)[C@@]4(C)CC[C@@H]32)C1. The van der Waals surface area contributed by atoms with E-state index < -0.39 is 0 Å². The van der Waals surface area contributed by atoms with Gasteiger partial charge in [0.25, 0.3) is 0 Å². The molecule has 0 heterocycles. The Morgan fingerprint density at radius 3 is 2.44 bits per heavy atom. The quantitative estimate of drug-likeness (QED) is 0.454. The van der Waals surface area contributed by atoms with Crippen molar-refractivity contribution >= 4 is 5.97 Å². The van der Waals surface area contributed by atoms with E-state index in [1.54, 1.807) is 6.92 Å². The van der Waals surface area contributed by atoms with E-state index in [0.717, 1.165) is 36.5 Å². The van der Waals surface area contributed by atoms with Gasteiger partial charge in [0.05, 0.1) is 0 Å². The number of rotatable bonds is 4. The summed E-state index contributed by atoms with van der Waals surface area (Å²) in [5.41, 5.74) is 2.95. The number of benzene rings is 1. The van der Waals surface area contributed by atoms with Crippen LogP contribution < -0.4 is 0 Å². The van der Waals surface area contributed by atoms with Gasteiger partial charge in [0.2, 0.25) is 0 Å². The second kappa shape index (κ2) is 8.17. The summed E-state index contributed by atoms with van der Waals surface area (Å²) in [5, 5.41) is 0. The summed E-state index contributed by atoms with van der Waals surface area (Å²) in [6.45, 7) is 9.50. The van der Waals surface area contributed by atoms with E-state index in [0.29, 0.717) is 16.2 Å². The summed E-state index contributed by atoms with van der Waals surface area (Å²) in [5.74, 6) is 3.36. The van der Waals surface area contributed by atoms with Crippen LogP contribution in [0.5, 0.6) is 0 Å². The normalized spacial score (nSPS) is 45.4. The second-order valence-corrected chi connectivity index (χ2v) is 12.7. The highest BCUT2D eigenvalue weighted by atomic mass is 16.5. The lowest BCUT2D eigenvalue weighted by molar-refractivity contribution is -0.162. The fraction of sp³-hybridized carbons (Fsp3) is 0.767. The molecule has 4 aliphatic rings. The Kier molecular flexibility index (Phi) is 5.74. The first-order valence-electron chi connectivity index (χ1n) is 13.5. The van der Waals surface area contributed by atoms with E-state index in [1.165, 1.54) is 63.4 Å². The van der Waals surface area contributed by atoms with Gasteiger partial charge in [0.1, 0.15) is 6.10 Å². The van der Waals surface area contributed by atoms with Crippen LogP contribution in [-0.4, -0.2) is 12.1 Å². The predicted molar refractivity (Wildman–Crippen MR) is 130 cm³/mol. The minimum atomic E-state index is -0.0959. The first-order chi connectivity index (χ1) is 15.3. The fourth-order valence-electron chi connectivity index (χ4n) is 9.40. The van der Waals surface area contributed by atoms with Gasteiger partial charge in [-0.2, -0.15) is 0 Å². The highest BCUT2D eigenvalue weighted by Gasteiger charge is 2.63. The maximum absolute atomic E-state index is 11.5. The predicted octanol–water partition coefficient (Wildman–Crippen LogP) is 7.60. The molecule has 1 aromatic carbocycles. The number of esters is 1. The van der Waals surface area contributed by atoms with Gasteiger partial charge in [-0.05, 0) is 116 Å². The third-order valence-electron chi connectivity index (χ3n) is 11.5. The molecule has 176 valence electrons. The molecule has 5 rings (SSSR count). The van der Waals surface area contributed by atoms with Crippen LogP contribution in [0.1, 0.15) is 97.5 Å². The van der Waals surface area contributed by atoms with Crippen molar-refractivity contribution in [3.05, 3.63) is 35.9 Å². The molecule has 0 N–H and O–H groups in total. The lowest BCUT2D eigenvalue weighted by Gasteiger charge is -2.62. The van der Waals surface area contributed by atoms with Crippen LogP contribution in [0, 0.1) is 39.9 Å². The Hall–Kier alpha value is -1.31. The van der Waals surface area contributed by atoms with Crippen LogP contribution in [0.25, 0.3) is 0 Å². The van der Waals surface area contributed by atoms with Crippen molar-refractivity contribution in [2.24, 2.45) is 39.9 Å². The van der Waals surface area contributed by atoms with Gasteiger partial charge in [0, 0.05) is 6.92 Å². The Morgan fingerprint density at radius 2 is 1.69 bits per heavy atom. The smallest absolute Gasteiger partial charge is 0.302 e. The molecule has 0 saturated heterocycles. The Balaban J connectivity index is 1.31. The molecular formula is C30H44O2. The molecule has 0 aromatic heterocycles. The monoisotopic (exact) mass is 436 g/mol. The molecule has 4 fully saturated rings. The van der Waals surface area contributed by atoms with Gasteiger partial charge < -0.3 is 4.74 Å². The van der Waals surface area contributed by atoms with Crippen LogP contribution in [0.3, 0.4) is 0 Å². The van der Waals surface area contributed by atoms with Crippen LogP contribution in [0.4, 0.5) is 0 Å². The van der Waals surface area contributed by atoms with Crippen molar-refractivity contribution < 1.29 is 9.53 Å². The van der Waals surface area contributed by atoms with Gasteiger partial charge >= 0.3 is 5.97 Å². The zero-order valence-corrected chi connectivity index (χ0v) is 20.9. The number of hydrogen-bond donors (Lipinski definition) is 0. The number of hydrogen-bond acceptors (Lipinski definition) is 2. The topological polar surface area (TPSA) is 26.3 Å². The van der Waals surface area contributed by atoms with Gasteiger partial charge in [-0.1, -0.05) is 51.1 Å². The molecule has 0 unspecified atom stereocenters. The zero-order valence-electron chi connectivity index (χ0n) is 20.9. The standard InChI is InChI=1S/C30H44O2/c1-21(31)32-24-13-18-29(3)23(20-24)10-11-25-26(29)15-19-30(4)27(25)14-17-28(30,2)16-12-22-8-6-5-7-9-22/h5-9,23-27H,10-20H2,1-4H3/t23-,24+,25+,26+,27-,28-,29+,30+/m1/s1. The molecule has 0 bridgehead atoms. The summed E-state index contributed by atoms with van der Waals surface area (Å²) < 4.78 is 5.66. The van der Waals surface area contributed by atoms with Crippen molar-refractivity contribution in [3.63, 3.8) is 0 Å². The molecule has 1 aromatic rings. The summed E-state index contributed by atoms with van der Waals surface area (Å²) in [7, 11) is 0. The van der Waals surface area contributed by atoms with E-state index in [2.05, 4.69) is 51.1 Å². The van der Waals surface area contributed by atoms with Crippen molar-refractivity contribution in [1.82, 2.24) is 0 Å². The molecular weight excluding hydrogens is 392 g/mol. The molecule has 4 aliphatic carbocycles. The number of aryl methyl sites for hydroxylation is 1. The van der Waals surface area contributed by atoms with E-state index in [4.69, 9.17) is 4.74 Å². The first-order valence-corrected chi connectivity index (χ1v) is 13.5. The molecule has 0 aliphatic heterocycles. The maximum Gasteiger partial charge on any atom is 0.302 e. The van der Waals surface area contributed by atoms with Crippen molar-refractivity contribution in [2.75, 3.05) is 0 Å². The summed E-state index contributed by atoms with van der Waals surface area (Å²) in [6.07, 6.45) is 14.6.